The smallest absolute Gasteiger partial charge is 0.323 e. The molecule has 9 heteroatoms. The number of aliphatic hydroxyl groups excluding tert-OH is 1. The Morgan fingerprint density at radius 1 is 0.980 bits per heavy atom. The van der Waals surface area contributed by atoms with E-state index < -0.39 is 12.1 Å². The Bertz CT molecular complexity index is 1680. The monoisotopic (exact) mass is 666 g/mol. The number of hydrogen-bond donors (Lipinski definition) is 3. The van der Waals surface area contributed by atoms with E-state index in [-0.39, 0.29) is 30.6 Å². The van der Waals surface area contributed by atoms with Crippen LogP contribution in [-0.2, 0) is 11.3 Å². The van der Waals surface area contributed by atoms with Crippen LogP contribution in [0.2, 0.25) is 0 Å². The molecule has 3 N–H and O–H groups in total. The maximum absolute atomic E-state index is 14.5. The normalized spacial score (nSPS) is 19.8. The minimum Gasteiger partial charge on any atom is -0.490 e. The minimum atomic E-state index is -0.456. The first-order valence-corrected chi connectivity index (χ1v) is 17.3. The Hall–Kier alpha value is -4.44. The average molecular weight is 667 g/mol. The van der Waals surface area contributed by atoms with Crippen LogP contribution in [-0.4, -0.2) is 78.4 Å². The summed E-state index contributed by atoms with van der Waals surface area (Å²) in [5.74, 6) is 0.144. The lowest BCUT2D eigenvalue weighted by Gasteiger charge is -2.36. The van der Waals surface area contributed by atoms with E-state index >= 15 is 0 Å². The van der Waals surface area contributed by atoms with Gasteiger partial charge in [0.2, 0.25) is 0 Å². The van der Waals surface area contributed by atoms with Crippen LogP contribution in [0.5, 0.6) is 5.75 Å². The number of nitrogens with zero attached hydrogens (tertiary/aromatic N) is 2. The summed E-state index contributed by atoms with van der Waals surface area (Å²) in [5.41, 5.74) is 2.70. The van der Waals surface area contributed by atoms with Gasteiger partial charge in [-0.05, 0) is 75.4 Å². The summed E-state index contributed by atoms with van der Waals surface area (Å²) in [6.07, 6.45) is 2.36. The Labute approximate surface area is 290 Å². The van der Waals surface area contributed by atoms with Crippen molar-refractivity contribution in [2.24, 2.45) is 5.92 Å². The Morgan fingerprint density at radius 3 is 2.53 bits per heavy atom. The van der Waals surface area contributed by atoms with Gasteiger partial charge in [-0.15, -0.1) is 0 Å². The topological polar surface area (TPSA) is 103 Å². The van der Waals surface area contributed by atoms with E-state index in [2.05, 4.69) is 41.6 Å². The number of ether oxygens (including phenoxy) is 2. The fourth-order valence-electron chi connectivity index (χ4n) is 6.35. The molecule has 4 aromatic rings. The highest BCUT2D eigenvalue weighted by Gasteiger charge is 2.30. The number of nitrogens with one attached hydrogen (secondary N) is 2. The lowest BCUT2D eigenvalue weighted by Crippen LogP contribution is -2.47. The van der Waals surface area contributed by atoms with E-state index in [0.29, 0.717) is 42.4 Å². The molecule has 0 saturated heterocycles. The number of amides is 3. The summed E-state index contributed by atoms with van der Waals surface area (Å²) in [6, 6.07) is 28.2. The summed E-state index contributed by atoms with van der Waals surface area (Å²) in [4.78, 5) is 31.6. The molecular formula is C40H50N4O5. The average Bonchev–Trinajstić information content (AvgIpc) is 3.10. The first kappa shape index (κ1) is 35.9. The largest absolute Gasteiger partial charge is 0.490 e. The highest BCUT2D eigenvalue weighted by atomic mass is 16.5. The van der Waals surface area contributed by atoms with E-state index in [1.54, 1.807) is 23.1 Å². The molecule has 260 valence electrons. The number of anilines is 2. The van der Waals surface area contributed by atoms with Gasteiger partial charge in [-0.3, -0.25) is 9.69 Å². The van der Waals surface area contributed by atoms with Crippen LogP contribution in [0.4, 0.5) is 16.2 Å². The van der Waals surface area contributed by atoms with Crippen LogP contribution < -0.4 is 15.4 Å². The second kappa shape index (κ2) is 17.3. The fraction of sp³-hybridized carbons (Fsp3) is 0.400. The van der Waals surface area contributed by atoms with Gasteiger partial charge in [0.05, 0.1) is 36.1 Å². The number of carbonyl (C=O) groups excluding carboxylic acids is 2. The quantitative estimate of drug-likeness (QED) is 0.181. The summed E-state index contributed by atoms with van der Waals surface area (Å²) in [6.45, 7) is 8.23. The van der Waals surface area contributed by atoms with Crippen LogP contribution in [0.25, 0.3) is 10.8 Å². The van der Waals surface area contributed by atoms with Crippen molar-refractivity contribution in [1.82, 2.24) is 9.80 Å². The molecule has 0 fully saturated rings. The first-order valence-electron chi connectivity index (χ1n) is 17.3. The van der Waals surface area contributed by atoms with Gasteiger partial charge in [-0.2, -0.15) is 0 Å². The fourth-order valence-corrected chi connectivity index (χ4v) is 6.35. The molecule has 4 atom stereocenters. The van der Waals surface area contributed by atoms with Crippen molar-refractivity contribution in [2.75, 3.05) is 44.0 Å². The number of rotatable bonds is 8. The molecule has 0 aliphatic carbocycles. The lowest BCUT2D eigenvalue weighted by atomic mass is 10.0. The lowest BCUT2D eigenvalue weighted by molar-refractivity contribution is -0.0177. The molecule has 0 aromatic heterocycles. The van der Waals surface area contributed by atoms with Crippen molar-refractivity contribution in [2.45, 2.75) is 64.8 Å². The second-order valence-corrected chi connectivity index (χ2v) is 13.3. The van der Waals surface area contributed by atoms with Crippen LogP contribution >= 0.6 is 0 Å². The Balaban J connectivity index is 1.39. The molecule has 1 aliphatic rings. The zero-order valence-corrected chi connectivity index (χ0v) is 29.1. The van der Waals surface area contributed by atoms with Crippen molar-refractivity contribution in [1.29, 1.82) is 0 Å². The zero-order chi connectivity index (χ0) is 34.8. The van der Waals surface area contributed by atoms with Crippen LogP contribution in [0.3, 0.4) is 0 Å². The maximum Gasteiger partial charge on any atom is 0.323 e. The number of benzene rings is 4. The predicted octanol–water partition coefficient (Wildman–Crippen LogP) is 7.41. The number of likely N-dealkylation sites (N-methyl/N-ethyl adjacent to an activating group) is 1. The van der Waals surface area contributed by atoms with Gasteiger partial charge < -0.3 is 30.1 Å². The molecule has 5 rings (SSSR count). The third-order valence-corrected chi connectivity index (χ3v) is 9.13. The van der Waals surface area contributed by atoms with E-state index in [9.17, 15) is 14.7 Å². The second-order valence-electron chi connectivity index (χ2n) is 13.3. The number of urea groups is 1. The zero-order valence-electron chi connectivity index (χ0n) is 29.1. The third-order valence-electron chi connectivity index (χ3n) is 9.13. The van der Waals surface area contributed by atoms with Gasteiger partial charge in [-0.1, -0.05) is 73.7 Å². The van der Waals surface area contributed by atoms with Crippen LogP contribution in [0, 0.1) is 5.92 Å². The van der Waals surface area contributed by atoms with E-state index in [0.717, 1.165) is 36.6 Å². The van der Waals surface area contributed by atoms with Crippen LogP contribution in [0.1, 0.15) is 56.0 Å². The SMILES string of the molecule is C[C@@H]1CCCCO[C@@H](CN(C)Cc2ccccc2)[C@@H](C)CN([C@@H](C)CO)C(=O)c2cc(NC(=O)Nc3cccc4ccccc34)ccc2O1. The highest BCUT2D eigenvalue weighted by molar-refractivity contribution is 6.07. The van der Waals surface area contributed by atoms with Gasteiger partial charge in [0, 0.05) is 43.2 Å². The van der Waals surface area contributed by atoms with E-state index in [4.69, 9.17) is 9.47 Å². The number of hydrogen-bond acceptors (Lipinski definition) is 6. The summed E-state index contributed by atoms with van der Waals surface area (Å²) in [5, 5.41) is 18.1. The van der Waals surface area contributed by atoms with Crippen molar-refractivity contribution in [3.8, 4) is 5.75 Å². The molecule has 9 nitrogen and oxygen atoms in total. The molecule has 3 amide bonds. The molecule has 0 bridgehead atoms. The van der Waals surface area contributed by atoms with Crippen LogP contribution in [0.15, 0.2) is 91.0 Å². The summed E-state index contributed by atoms with van der Waals surface area (Å²) in [7, 11) is 2.09. The van der Waals surface area contributed by atoms with E-state index in [1.165, 1.54) is 5.56 Å². The summed E-state index contributed by atoms with van der Waals surface area (Å²) >= 11 is 0. The molecule has 49 heavy (non-hydrogen) atoms. The maximum atomic E-state index is 14.5. The van der Waals surface area contributed by atoms with Gasteiger partial charge in [0.25, 0.3) is 5.91 Å². The molecular weight excluding hydrogens is 616 g/mol. The molecule has 0 spiro atoms. The van der Waals surface area contributed by atoms with Crippen molar-refractivity contribution in [3.05, 3.63) is 102 Å². The Kier molecular flexibility index (Phi) is 12.6. The molecule has 1 aliphatic heterocycles. The molecule has 0 unspecified atom stereocenters. The van der Waals surface area contributed by atoms with Crippen molar-refractivity contribution >= 4 is 34.1 Å². The predicted molar refractivity (Wildman–Crippen MR) is 196 cm³/mol. The first-order chi connectivity index (χ1) is 23.7. The van der Waals surface area contributed by atoms with Gasteiger partial charge >= 0.3 is 6.03 Å². The van der Waals surface area contributed by atoms with E-state index in [1.807, 2.05) is 74.5 Å². The van der Waals surface area contributed by atoms with Gasteiger partial charge in [-0.25, -0.2) is 4.79 Å². The number of fused-ring (bicyclic) bond motifs is 2. The Morgan fingerprint density at radius 2 is 1.73 bits per heavy atom. The molecule has 0 radical (unpaired) electrons. The van der Waals surface area contributed by atoms with Crippen molar-refractivity contribution in [3.63, 3.8) is 0 Å². The third kappa shape index (κ3) is 9.81. The number of carbonyl (C=O) groups is 2. The molecule has 1 heterocycles. The molecule has 0 saturated carbocycles. The van der Waals surface area contributed by atoms with Crippen molar-refractivity contribution < 1.29 is 24.2 Å². The summed E-state index contributed by atoms with van der Waals surface area (Å²) < 4.78 is 12.9. The molecule has 4 aromatic carbocycles. The van der Waals surface area contributed by atoms with Gasteiger partial charge in [0.1, 0.15) is 5.75 Å². The standard InChI is InChI=1S/C40H50N4O5/c1-28-24-44(29(2)27-45)39(46)35-23-33(41-40(47)42-36-19-12-17-32-16-8-9-18-34(32)36)20-21-37(35)49-30(3)13-10-11-22-48-38(28)26-43(4)25-31-14-6-5-7-15-31/h5-9,12,14-21,23,28-30,38,45H,10-11,13,22,24-27H2,1-4H3,(H2,41,42,47)/t28-,29-,30+,38-/m0/s1. The van der Waals surface area contributed by atoms with Gasteiger partial charge in [0.15, 0.2) is 0 Å². The highest BCUT2D eigenvalue weighted by Crippen LogP contribution is 2.29. The minimum absolute atomic E-state index is 0.0322. The number of aliphatic hydroxyl groups is 1.